The number of aliphatic hydroxyl groups excluding tert-OH is 1. The average molecular weight is 426 g/mol. The Hall–Kier alpha value is -3.08. The highest BCUT2D eigenvalue weighted by Gasteiger charge is 2.27. The molecule has 1 saturated heterocycles. The molecule has 0 amide bonds. The fourth-order valence-electron chi connectivity index (χ4n) is 3.29. The van der Waals surface area contributed by atoms with Crippen molar-refractivity contribution in [1.29, 1.82) is 0 Å². The molecule has 0 bridgehead atoms. The van der Waals surface area contributed by atoms with Gasteiger partial charge < -0.3 is 24.6 Å². The van der Waals surface area contributed by atoms with E-state index in [1.54, 1.807) is 36.8 Å². The van der Waals surface area contributed by atoms with Crippen molar-refractivity contribution in [2.24, 2.45) is 0 Å². The van der Waals surface area contributed by atoms with Gasteiger partial charge in [-0.3, -0.25) is 9.88 Å². The van der Waals surface area contributed by atoms with E-state index in [0.29, 0.717) is 42.8 Å². The van der Waals surface area contributed by atoms with Gasteiger partial charge in [0.15, 0.2) is 0 Å². The van der Waals surface area contributed by atoms with Crippen LogP contribution in [0.15, 0.2) is 36.8 Å². The molecule has 10 nitrogen and oxygen atoms in total. The molecule has 4 heterocycles. The second kappa shape index (κ2) is 8.58. The fourth-order valence-corrected chi connectivity index (χ4v) is 3.29. The molecule has 4 rings (SSSR count). The number of aliphatic hydroxyl groups is 1. The molecule has 3 aromatic heterocycles. The van der Waals surface area contributed by atoms with E-state index in [9.17, 15) is 10.2 Å². The second-order valence-corrected chi connectivity index (χ2v) is 8.25. The van der Waals surface area contributed by atoms with E-state index in [1.165, 1.54) is 0 Å². The maximum atomic E-state index is 10.3. The predicted octanol–water partition coefficient (Wildman–Crippen LogP) is 2.13. The van der Waals surface area contributed by atoms with E-state index >= 15 is 0 Å². The summed E-state index contributed by atoms with van der Waals surface area (Å²) in [6.07, 6.45) is 3.82. The Balaban J connectivity index is 1.43. The van der Waals surface area contributed by atoms with Crippen LogP contribution in [0.25, 0.3) is 10.9 Å². The van der Waals surface area contributed by atoms with Crippen molar-refractivity contribution >= 4 is 16.7 Å². The van der Waals surface area contributed by atoms with Crippen molar-refractivity contribution < 1.29 is 19.7 Å². The number of aromatic nitrogens is 4. The van der Waals surface area contributed by atoms with Crippen molar-refractivity contribution in [2.45, 2.75) is 32.8 Å². The average Bonchev–Trinajstić information content (AvgIpc) is 2.73. The smallest absolute Gasteiger partial charge is 0.325 e. The summed E-state index contributed by atoms with van der Waals surface area (Å²) in [5.41, 5.74) is 0.0745. The summed E-state index contributed by atoms with van der Waals surface area (Å²) in [4.78, 5) is 20.7. The maximum Gasteiger partial charge on any atom is 0.325 e. The summed E-state index contributed by atoms with van der Waals surface area (Å²) in [6.45, 7) is 8.38. The predicted molar refractivity (Wildman–Crippen MR) is 114 cm³/mol. The highest BCUT2D eigenvalue weighted by atomic mass is 16.6. The van der Waals surface area contributed by atoms with Crippen molar-refractivity contribution in [3.8, 4) is 17.6 Å². The largest absolute Gasteiger partial charge is 0.493 e. The molecule has 1 unspecified atom stereocenters. The quantitative estimate of drug-likeness (QED) is 0.588. The zero-order chi connectivity index (χ0) is 22.0. The van der Waals surface area contributed by atoms with Gasteiger partial charge in [0.1, 0.15) is 11.6 Å². The molecule has 2 N–H and O–H groups in total. The van der Waals surface area contributed by atoms with Gasteiger partial charge in [-0.1, -0.05) is 0 Å². The molecule has 31 heavy (non-hydrogen) atoms. The van der Waals surface area contributed by atoms with Crippen LogP contribution >= 0.6 is 0 Å². The van der Waals surface area contributed by atoms with Crippen molar-refractivity contribution in [3.05, 3.63) is 36.8 Å². The minimum atomic E-state index is -0.933. The Morgan fingerprint density at radius 1 is 1.06 bits per heavy atom. The molecule has 0 spiro atoms. The van der Waals surface area contributed by atoms with E-state index < -0.39 is 12.0 Å². The third-order valence-electron chi connectivity index (χ3n) is 4.79. The number of ether oxygens (including phenoxy) is 2. The molecule has 0 radical (unpaired) electrons. The first-order valence-electron chi connectivity index (χ1n) is 10.1. The lowest BCUT2D eigenvalue weighted by molar-refractivity contribution is -0.239. The van der Waals surface area contributed by atoms with Gasteiger partial charge in [-0.2, -0.15) is 9.97 Å². The van der Waals surface area contributed by atoms with Crippen LogP contribution in [0.3, 0.4) is 0 Å². The number of rotatable bonds is 5. The Morgan fingerprint density at radius 3 is 2.58 bits per heavy atom. The number of hydrogen-bond donors (Lipinski definition) is 2. The van der Waals surface area contributed by atoms with E-state index in [0.717, 1.165) is 5.82 Å². The molecule has 0 saturated carbocycles. The summed E-state index contributed by atoms with van der Waals surface area (Å²) in [7, 11) is 0. The lowest BCUT2D eigenvalue weighted by Crippen LogP contribution is -2.52. The SMILES string of the molecule is CC(C)(C)OC(O)N1CCN(c2cc(Oc3nc(O)c4ccncc4n3)ccn2)CC1. The van der Waals surface area contributed by atoms with E-state index in [1.807, 2.05) is 25.7 Å². The molecular formula is C21H26N6O4. The zero-order valence-corrected chi connectivity index (χ0v) is 17.8. The van der Waals surface area contributed by atoms with E-state index in [4.69, 9.17) is 9.47 Å². The van der Waals surface area contributed by atoms with Gasteiger partial charge in [0.05, 0.1) is 22.7 Å². The Kier molecular flexibility index (Phi) is 5.86. The van der Waals surface area contributed by atoms with Crippen molar-refractivity contribution in [3.63, 3.8) is 0 Å². The summed E-state index contributed by atoms with van der Waals surface area (Å²) in [5.74, 6) is 1.09. The zero-order valence-electron chi connectivity index (χ0n) is 17.8. The Bertz CT molecular complexity index is 1050. The normalized spacial score (nSPS) is 16.5. The van der Waals surface area contributed by atoms with Gasteiger partial charge >= 0.3 is 6.01 Å². The Morgan fingerprint density at radius 2 is 1.84 bits per heavy atom. The first kappa shape index (κ1) is 21.2. The van der Waals surface area contributed by atoms with Crippen LogP contribution in [-0.2, 0) is 4.74 Å². The summed E-state index contributed by atoms with van der Waals surface area (Å²) < 4.78 is 11.4. The molecule has 10 heteroatoms. The highest BCUT2D eigenvalue weighted by Crippen LogP contribution is 2.27. The molecule has 1 aliphatic rings. The number of anilines is 1. The number of piperazine rings is 1. The van der Waals surface area contributed by atoms with Gasteiger partial charge in [0.2, 0.25) is 12.3 Å². The first-order chi connectivity index (χ1) is 14.8. The molecule has 3 aromatic rings. The second-order valence-electron chi connectivity index (χ2n) is 8.25. The van der Waals surface area contributed by atoms with Crippen molar-refractivity contribution in [1.82, 2.24) is 24.8 Å². The van der Waals surface area contributed by atoms with Crippen LogP contribution in [0.4, 0.5) is 5.82 Å². The van der Waals surface area contributed by atoms with Crippen LogP contribution in [0.1, 0.15) is 20.8 Å². The summed E-state index contributed by atoms with van der Waals surface area (Å²) in [6, 6.07) is 5.17. The summed E-state index contributed by atoms with van der Waals surface area (Å²) in [5, 5.41) is 20.9. The minimum Gasteiger partial charge on any atom is -0.493 e. The lowest BCUT2D eigenvalue weighted by atomic mass is 10.2. The van der Waals surface area contributed by atoms with Crippen LogP contribution in [0.5, 0.6) is 17.6 Å². The monoisotopic (exact) mass is 426 g/mol. The highest BCUT2D eigenvalue weighted by molar-refractivity contribution is 5.82. The number of fused-ring (bicyclic) bond motifs is 1. The topological polar surface area (TPSA) is 117 Å². The van der Waals surface area contributed by atoms with Crippen LogP contribution in [-0.4, -0.2) is 73.2 Å². The summed E-state index contributed by atoms with van der Waals surface area (Å²) >= 11 is 0. The van der Waals surface area contributed by atoms with E-state index in [-0.39, 0.29) is 11.9 Å². The number of hydrogen-bond acceptors (Lipinski definition) is 10. The molecule has 164 valence electrons. The fraction of sp³-hybridized carbons (Fsp3) is 0.429. The number of nitrogens with zero attached hydrogens (tertiary/aromatic N) is 6. The van der Waals surface area contributed by atoms with Gasteiger partial charge in [0, 0.05) is 44.6 Å². The minimum absolute atomic E-state index is 0.0300. The third kappa shape index (κ3) is 5.16. The van der Waals surface area contributed by atoms with Gasteiger partial charge in [-0.15, -0.1) is 0 Å². The Labute approximate surface area is 180 Å². The van der Waals surface area contributed by atoms with Crippen LogP contribution < -0.4 is 9.64 Å². The van der Waals surface area contributed by atoms with Gasteiger partial charge in [0.25, 0.3) is 0 Å². The van der Waals surface area contributed by atoms with Crippen LogP contribution in [0.2, 0.25) is 0 Å². The van der Waals surface area contributed by atoms with Gasteiger partial charge in [-0.05, 0) is 32.9 Å². The van der Waals surface area contributed by atoms with E-state index in [2.05, 4.69) is 24.8 Å². The maximum absolute atomic E-state index is 10.3. The number of aromatic hydroxyl groups is 1. The molecule has 0 aliphatic carbocycles. The standard InChI is InChI=1S/C21H26N6O4/c1-21(2,3)31-20(29)27-10-8-26(9-11-27)17-12-14(4-7-23-17)30-19-24-16-13-22-6-5-15(16)18(28)25-19/h4-7,12-13,20,29H,8-11H2,1-3H3,(H,24,25,28). The molecule has 0 aromatic carbocycles. The van der Waals surface area contributed by atoms with Gasteiger partial charge in [-0.25, -0.2) is 4.98 Å². The third-order valence-corrected chi connectivity index (χ3v) is 4.79. The molecule has 1 fully saturated rings. The molecule has 1 atom stereocenters. The first-order valence-corrected chi connectivity index (χ1v) is 10.1. The molecular weight excluding hydrogens is 400 g/mol. The number of pyridine rings is 2. The van der Waals surface area contributed by atoms with Crippen LogP contribution in [0, 0.1) is 0 Å². The van der Waals surface area contributed by atoms with Crippen molar-refractivity contribution in [2.75, 3.05) is 31.1 Å². The molecule has 1 aliphatic heterocycles. The lowest BCUT2D eigenvalue weighted by Gasteiger charge is -2.39.